The van der Waals surface area contributed by atoms with Crippen LogP contribution in [0.3, 0.4) is 0 Å². The molecule has 1 heterocycles. The second kappa shape index (κ2) is 7.57. The van der Waals surface area contributed by atoms with E-state index in [1.807, 2.05) is 20.8 Å². The molecular formula is C18H25N3O4. The van der Waals surface area contributed by atoms with Crippen LogP contribution in [0.25, 0.3) is 11.1 Å². The molecule has 0 spiro atoms. The summed E-state index contributed by atoms with van der Waals surface area (Å²) in [7, 11) is 1.30. The largest absolute Gasteiger partial charge is 0.465 e. The van der Waals surface area contributed by atoms with Gasteiger partial charge in [-0.05, 0) is 38.0 Å². The zero-order valence-electron chi connectivity index (χ0n) is 15.2. The van der Waals surface area contributed by atoms with E-state index in [-0.39, 0.29) is 17.2 Å². The van der Waals surface area contributed by atoms with Crippen molar-refractivity contribution in [3.63, 3.8) is 0 Å². The first-order valence-electron chi connectivity index (χ1n) is 8.19. The summed E-state index contributed by atoms with van der Waals surface area (Å²) in [5.74, 6) is 0.0994. The van der Waals surface area contributed by atoms with Gasteiger partial charge in [0, 0.05) is 11.5 Å². The topological polar surface area (TPSA) is 111 Å². The number of esters is 1. The quantitative estimate of drug-likeness (QED) is 0.418. The van der Waals surface area contributed by atoms with Crippen LogP contribution in [0.2, 0.25) is 0 Å². The number of nitrogens with one attached hydrogen (secondary N) is 1. The van der Waals surface area contributed by atoms with Gasteiger partial charge in [-0.3, -0.25) is 0 Å². The predicted octanol–water partition coefficient (Wildman–Crippen LogP) is 3.10. The van der Waals surface area contributed by atoms with E-state index >= 15 is 0 Å². The lowest BCUT2D eigenvalue weighted by molar-refractivity contribution is 0.0602. The molecule has 7 nitrogen and oxygen atoms in total. The summed E-state index contributed by atoms with van der Waals surface area (Å²) >= 11 is 0. The van der Waals surface area contributed by atoms with Crippen molar-refractivity contribution < 1.29 is 19.2 Å². The maximum atomic E-state index is 12.1. The molecule has 1 aromatic heterocycles. The second-order valence-corrected chi connectivity index (χ2v) is 6.15. The van der Waals surface area contributed by atoms with Crippen LogP contribution in [0.4, 0.5) is 11.4 Å². The number of carbonyl (C=O) groups excluding carboxylic acids is 1. The van der Waals surface area contributed by atoms with Crippen LogP contribution in [-0.2, 0) is 4.74 Å². The second-order valence-electron chi connectivity index (χ2n) is 6.15. The van der Waals surface area contributed by atoms with E-state index in [1.165, 1.54) is 7.11 Å². The molecule has 0 amide bonds. The summed E-state index contributed by atoms with van der Waals surface area (Å²) < 4.78 is 10.0. The average molecular weight is 347 g/mol. The number of hydrogen-bond acceptors (Lipinski definition) is 7. The van der Waals surface area contributed by atoms with Crippen molar-refractivity contribution in [3.8, 4) is 11.1 Å². The molecule has 0 saturated carbocycles. The third-order valence-corrected chi connectivity index (χ3v) is 4.39. The SMILES string of the molecule is CCC(C)C(O)Nc1cc(-c2c(C)noc2C)cc(C(=O)OC)c1N. The van der Waals surface area contributed by atoms with Crippen LogP contribution in [-0.4, -0.2) is 29.6 Å². The number of nitrogens with two attached hydrogens (primary N) is 1. The Balaban J connectivity index is 2.58. The van der Waals surface area contributed by atoms with Crippen molar-refractivity contribution in [3.05, 3.63) is 29.2 Å². The zero-order chi connectivity index (χ0) is 18.7. The van der Waals surface area contributed by atoms with E-state index in [9.17, 15) is 9.90 Å². The summed E-state index contributed by atoms with van der Waals surface area (Å²) in [6.45, 7) is 7.53. The summed E-state index contributed by atoms with van der Waals surface area (Å²) in [5, 5.41) is 17.2. The van der Waals surface area contributed by atoms with E-state index in [2.05, 4.69) is 10.5 Å². The Morgan fingerprint density at radius 2 is 2.12 bits per heavy atom. The Morgan fingerprint density at radius 1 is 1.44 bits per heavy atom. The van der Waals surface area contributed by atoms with Crippen molar-refractivity contribution in [2.75, 3.05) is 18.2 Å². The molecule has 4 N–H and O–H groups in total. The Kier molecular flexibility index (Phi) is 5.69. The molecule has 0 fully saturated rings. The molecule has 1 aromatic carbocycles. The molecule has 0 aliphatic carbocycles. The average Bonchev–Trinajstić information content (AvgIpc) is 2.93. The van der Waals surface area contributed by atoms with Crippen LogP contribution in [0, 0.1) is 19.8 Å². The number of nitrogens with zero attached hydrogens (tertiary/aromatic N) is 1. The molecule has 2 aromatic rings. The summed E-state index contributed by atoms with van der Waals surface area (Å²) in [6.07, 6.45) is -0.000639. The lowest BCUT2D eigenvalue weighted by atomic mass is 9.98. The van der Waals surface area contributed by atoms with Crippen LogP contribution < -0.4 is 11.1 Å². The van der Waals surface area contributed by atoms with Gasteiger partial charge in [0.1, 0.15) is 12.0 Å². The van der Waals surface area contributed by atoms with Gasteiger partial charge in [-0.25, -0.2) is 4.79 Å². The number of methoxy groups -OCH3 is 1. The van der Waals surface area contributed by atoms with Gasteiger partial charge in [-0.1, -0.05) is 19.0 Å². The summed E-state index contributed by atoms with van der Waals surface area (Å²) in [4.78, 5) is 12.1. The van der Waals surface area contributed by atoms with Gasteiger partial charge in [-0.15, -0.1) is 0 Å². The molecule has 136 valence electrons. The first-order chi connectivity index (χ1) is 11.8. The molecule has 0 saturated heterocycles. The highest BCUT2D eigenvalue weighted by molar-refractivity contribution is 6.00. The number of benzene rings is 1. The minimum atomic E-state index is -0.794. The standard InChI is InChI=1S/C18H25N3O4/c1-6-9(2)17(22)20-14-8-12(15-10(3)21-25-11(15)4)7-13(16(14)19)18(23)24-5/h7-9,17,20,22H,6,19H2,1-5H3. The Bertz CT molecular complexity index is 750. The number of nitrogen functional groups attached to an aromatic ring is 1. The number of anilines is 2. The lowest BCUT2D eigenvalue weighted by Gasteiger charge is -2.22. The fraction of sp³-hybridized carbons (Fsp3) is 0.444. The molecule has 0 bridgehead atoms. The van der Waals surface area contributed by atoms with Crippen LogP contribution in [0.1, 0.15) is 42.1 Å². The number of aliphatic hydroxyl groups excluding tert-OH is 1. The van der Waals surface area contributed by atoms with E-state index in [4.69, 9.17) is 15.0 Å². The van der Waals surface area contributed by atoms with Crippen molar-refractivity contribution in [2.24, 2.45) is 5.92 Å². The van der Waals surface area contributed by atoms with Crippen LogP contribution in [0.15, 0.2) is 16.7 Å². The molecule has 0 aliphatic heterocycles. The van der Waals surface area contributed by atoms with Crippen molar-refractivity contribution in [1.29, 1.82) is 0 Å². The van der Waals surface area contributed by atoms with Gasteiger partial charge in [0.25, 0.3) is 0 Å². The highest BCUT2D eigenvalue weighted by atomic mass is 16.5. The van der Waals surface area contributed by atoms with E-state index in [0.717, 1.165) is 12.0 Å². The zero-order valence-corrected chi connectivity index (χ0v) is 15.2. The molecule has 0 aliphatic rings. The summed E-state index contributed by atoms with van der Waals surface area (Å²) in [6, 6.07) is 3.43. The third kappa shape index (κ3) is 3.76. The Labute approximate surface area is 147 Å². The molecule has 2 rings (SSSR count). The van der Waals surface area contributed by atoms with Crippen LogP contribution >= 0.6 is 0 Å². The number of aryl methyl sites for hydroxylation is 2. The van der Waals surface area contributed by atoms with E-state index < -0.39 is 12.2 Å². The van der Waals surface area contributed by atoms with Gasteiger partial charge in [-0.2, -0.15) is 0 Å². The van der Waals surface area contributed by atoms with Gasteiger partial charge in [0.05, 0.1) is 29.7 Å². The Hall–Kier alpha value is -2.54. The lowest BCUT2D eigenvalue weighted by Crippen LogP contribution is -2.27. The Morgan fingerprint density at radius 3 is 2.64 bits per heavy atom. The molecule has 2 unspecified atom stereocenters. The number of hydrogen-bond donors (Lipinski definition) is 3. The normalized spacial score (nSPS) is 13.4. The minimum Gasteiger partial charge on any atom is -0.465 e. The van der Waals surface area contributed by atoms with Gasteiger partial charge in [0.2, 0.25) is 0 Å². The number of aromatic nitrogens is 1. The maximum Gasteiger partial charge on any atom is 0.340 e. The fourth-order valence-electron chi connectivity index (χ4n) is 2.62. The number of carbonyl (C=O) groups is 1. The summed E-state index contributed by atoms with van der Waals surface area (Å²) in [5.41, 5.74) is 9.24. The number of aliphatic hydroxyl groups is 1. The number of ether oxygens (including phenoxy) is 1. The van der Waals surface area contributed by atoms with Crippen molar-refractivity contribution in [1.82, 2.24) is 5.16 Å². The van der Waals surface area contributed by atoms with Gasteiger partial charge < -0.3 is 25.4 Å². The first kappa shape index (κ1) is 18.8. The van der Waals surface area contributed by atoms with E-state index in [0.29, 0.717) is 22.7 Å². The van der Waals surface area contributed by atoms with Crippen LogP contribution in [0.5, 0.6) is 0 Å². The van der Waals surface area contributed by atoms with Gasteiger partial charge in [0.15, 0.2) is 0 Å². The van der Waals surface area contributed by atoms with Crippen molar-refractivity contribution >= 4 is 17.3 Å². The predicted molar refractivity (Wildman–Crippen MR) is 96.2 cm³/mol. The van der Waals surface area contributed by atoms with Gasteiger partial charge >= 0.3 is 5.97 Å². The van der Waals surface area contributed by atoms with Crippen molar-refractivity contribution in [2.45, 2.75) is 40.3 Å². The minimum absolute atomic E-state index is 0.0173. The first-order valence-corrected chi connectivity index (χ1v) is 8.19. The fourth-order valence-corrected chi connectivity index (χ4v) is 2.62. The molecular weight excluding hydrogens is 322 g/mol. The van der Waals surface area contributed by atoms with E-state index in [1.54, 1.807) is 19.1 Å². The molecule has 0 radical (unpaired) electrons. The third-order valence-electron chi connectivity index (χ3n) is 4.39. The monoisotopic (exact) mass is 347 g/mol. The molecule has 2 atom stereocenters. The maximum absolute atomic E-state index is 12.1. The molecule has 25 heavy (non-hydrogen) atoms. The highest BCUT2D eigenvalue weighted by Crippen LogP contribution is 2.35. The molecule has 7 heteroatoms. The highest BCUT2D eigenvalue weighted by Gasteiger charge is 2.21. The number of rotatable bonds is 6. The smallest absolute Gasteiger partial charge is 0.340 e.